The van der Waals surface area contributed by atoms with Crippen LogP contribution in [0.15, 0.2) is 40.2 Å². The van der Waals surface area contributed by atoms with Crippen molar-refractivity contribution in [3.63, 3.8) is 0 Å². The lowest BCUT2D eigenvalue weighted by Crippen LogP contribution is -2.29. The van der Waals surface area contributed by atoms with E-state index in [0.29, 0.717) is 5.69 Å². The van der Waals surface area contributed by atoms with Gasteiger partial charge in [-0.25, -0.2) is 18.2 Å². The van der Waals surface area contributed by atoms with Crippen LogP contribution in [-0.2, 0) is 21.4 Å². The highest BCUT2D eigenvalue weighted by molar-refractivity contribution is 7.89. The molecule has 0 atom stereocenters. The average Bonchev–Trinajstić information content (AvgIpc) is 2.47. The predicted molar refractivity (Wildman–Crippen MR) is 85.0 cm³/mol. The predicted octanol–water partition coefficient (Wildman–Crippen LogP) is 0.836. The Morgan fingerprint density at radius 1 is 1.26 bits per heavy atom. The van der Waals surface area contributed by atoms with Crippen molar-refractivity contribution >= 4 is 44.8 Å². The van der Waals surface area contributed by atoms with Gasteiger partial charge in [-0.3, -0.25) is 9.59 Å². The van der Waals surface area contributed by atoms with E-state index < -0.39 is 21.5 Å². The van der Waals surface area contributed by atoms with Gasteiger partial charge < -0.3 is 5.32 Å². The smallest absolute Gasteiger partial charge is 0.287 e. The number of halogens is 2. The van der Waals surface area contributed by atoms with Gasteiger partial charge in [0.25, 0.3) is 5.56 Å². The van der Waals surface area contributed by atoms with E-state index in [9.17, 15) is 18.0 Å². The molecule has 1 aromatic carbocycles. The maximum Gasteiger partial charge on any atom is 0.287 e. The van der Waals surface area contributed by atoms with Crippen molar-refractivity contribution in [1.29, 1.82) is 0 Å². The Hall–Kier alpha value is -1.94. The fourth-order valence-corrected chi connectivity index (χ4v) is 2.41. The molecule has 0 unspecified atom stereocenters. The Kier molecular flexibility index (Phi) is 5.05. The van der Waals surface area contributed by atoms with Crippen molar-refractivity contribution in [1.82, 2.24) is 9.78 Å². The summed E-state index contributed by atoms with van der Waals surface area (Å²) in [5.41, 5.74) is -0.366. The second-order valence-corrected chi connectivity index (χ2v) is 6.73. The minimum Gasteiger partial charge on any atom is -0.324 e. The van der Waals surface area contributed by atoms with Crippen molar-refractivity contribution in [2.45, 2.75) is 11.4 Å². The lowest BCUT2D eigenvalue weighted by Gasteiger charge is -2.07. The quantitative estimate of drug-likeness (QED) is 0.817. The topological polar surface area (TPSA) is 124 Å². The normalized spacial score (nSPS) is 11.3. The summed E-state index contributed by atoms with van der Waals surface area (Å²) >= 11 is 11.3. The van der Waals surface area contributed by atoms with Gasteiger partial charge in [0, 0.05) is 5.69 Å². The van der Waals surface area contributed by atoms with E-state index in [-0.39, 0.29) is 21.5 Å². The molecule has 2 aromatic rings. The first-order valence-corrected chi connectivity index (χ1v) is 8.32. The molecule has 0 spiro atoms. The second kappa shape index (κ2) is 6.67. The summed E-state index contributed by atoms with van der Waals surface area (Å²) in [6.07, 6.45) is 1.15. The third-order valence-electron chi connectivity index (χ3n) is 2.70. The standard InChI is InChI=1S/C12H10Cl2N4O4S/c13-9-5-16-18(12(20)11(9)14)6-10(19)17-7-1-3-8(4-2-7)23(15,21)22/h1-5H,6H2,(H,17,19)(H2,15,21,22). The molecule has 3 N–H and O–H groups in total. The first-order chi connectivity index (χ1) is 10.7. The van der Waals surface area contributed by atoms with Crippen molar-refractivity contribution < 1.29 is 13.2 Å². The number of sulfonamides is 1. The van der Waals surface area contributed by atoms with Crippen molar-refractivity contribution in [2.75, 3.05) is 5.32 Å². The van der Waals surface area contributed by atoms with E-state index in [0.717, 1.165) is 10.9 Å². The van der Waals surface area contributed by atoms with Gasteiger partial charge in [-0.05, 0) is 24.3 Å². The highest BCUT2D eigenvalue weighted by Gasteiger charge is 2.12. The first kappa shape index (κ1) is 17.4. The summed E-state index contributed by atoms with van der Waals surface area (Å²) < 4.78 is 23.1. The molecule has 1 amide bonds. The molecule has 8 nitrogen and oxygen atoms in total. The lowest BCUT2D eigenvalue weighted by molar-refractivity contribution is -0.117. The van der Waals surface area contributed by atoms with E-state index in [4.69, 9.17) is 28.3 Å². The number of anilines is 1. The molecule has 0 saturated heterocycles. The maximum atomic E-state index is 11.9. The van der Waals surface area contributed by atoms with Crippen LogP contribution in [0.3, 0.4) is 0 Å². The summed E-state index contributed by atoms with van der Waals surface area (Å²) in [6, 6.07) is 5.22. The van der Waals surface area contributed by atoms with Gasteiger partial charge in [0.1, 0.15) is 11.6 Å². The van der Waals surface area contributed by atoms with Crippen LogP contribution in [0.25, 0.3) is 0 Å². The average molecular weight is 377 g/mol. The zero-order chi connectivity index (χ0) is 17.2. The number of primary sulfonamides is 1. The number of nitrogens with two attached hydrogens (primary N) is 1. The third-order valence-corrected chi connectivity index (χ3v) is 4.38. The third kappa shape index (κ3) is 4.29. The molecule has 1 aromatic heterocycles. The summed E-state index contributed by atoms with van der Waals surface area (Å²) in [5, 5.41) is 10.9. The van der Waals surface area contributed by atoms with Gasteiger partial charge in [0.05, 0.1) is 16.1 Å². The summed E-state index contributed by atoms with van der Waals surface area (Å²) in [7, 11) is -3.81. The molecule has 0 radical (unpaired) electrons. The zero-order valence-corrected chi connectivity index (χ0v) is 13.7. The molecule has 1 heterocycles. The minimum absolute atomic E-state index is 0.00749. The highest BCUT2D eigenvalue weighted by atomic mass is 35.5. The van der Waals surface area contributed by atoms with E-state index >= 15 is 0 Å². The fourth-order valence-electron chi connectivity index (χ4n) is 1.62. The molecule has 23 heavy (non-hydrogen) atoms. The van der Waals surface area contributed by atoms with Crippen LogP contribution in [0.5, 0.6) is 0 Å². The summed E-state index contributed by atoms with van der Waals surface area (Å²) in [6.45, 7) is -0.382. The monoisotopic (exact) mass is 376 g/mol. The molecule has 0 aliphatic carbocycles. The molecular formula is C12H10Cl2N4O4S. The number of nitrogens with one attached hydrogen (secondary N) is 1. The van der Waals surface area contributed by atoms with Gasteiger partial charge in [0.2, 0.25) is 15.9 Å². The first-order valence-electron chi connectivity index (χ1n) is 6.02. The molecule has 0 aliphatic rings. The van der Waals surface area contributed by atoms with Gasteiger partial charge in [0.15, 0.2) is 0 Å². The second-order valence-electron chi connectivity index (χ2n) is 4.39. The molecule has 2 rings (SSSR count). The highest BCUT2D eigenvalue weighted by Crippen LogP contribution is 2.15. The van der Waals surface area contributed by atoms with Crippen molar-refractivity contribution in [3.05, 3.63) is 50.9 Å². The Morgan fingerprint density at radius 3 is 2.43 bits per heavy atom. The van der Waals surface area contributed by atoms with E-state index in [1.54, 1.807) is 0 Å². The number of carbonyl (C=O) groups is 1. The van der Waals surface area contributed by atoms with E-state index in [2.05, 4.69) is 10.4 Å². The number of rotatable bonds is 4. The number of hydrogen-bond acceptors (Lipinski definition) is 5. The van der Waals surface area contributed by atoms with Crippen LogP contribution in [0.1, 0.15) is 0 Å². The maximum absolute atomic E-state index is 11.9. The Morgan fingerprint density at radius 2 is 1.87 bits per heavy atom. The van der Waals surface area contributed by atoms with Crippen molar-refractivity contribution in [3.8, 4) is 0 Å². The zero-order valence-electron chi connectivity index (χ0n) is 11.4. The van der Waals surface area contributed by atoms with E-state index in [1.807, 2.05) is 0 Å². The molecule has 0 saturated carbocycles. The lowest BCUT2D eigenvalue weighted by atomic mass is 10.3. The molecule has 0 aliphatic heterocycles. The number of carbonyl (C=O) groups excluding carboxylic acids is 1. The molecule has 122 valence electrons. The van der Waals surface area contributed by atoms with Gasteiger partial charge in [-0.15, -0.1) is 0 Å². The largest absolute Gasteiger partial charge is 0.324 e. The Bertz CT molecular complexity index is 910. The van der Waals surface area contributed by atoms with Crippen LogP contribution in [-0.4, -0.2) is 24.1 Å². The fraction of sp³-hybridized carbons (Fsp3) is 0.0833. The molecule has 0 fully saturated rings. The number of aromatic nitrogens is 2. The van der Waals surface area contributed by atoms with Gasteiger partial charge >= 0.3 is 0 Å². The summed E-state index contributed by atoms with van der Waals surface area (Å²) in [4.78, 5) is 23.6. The van der Waals surface area contributed by atoms with Crippen LogP contribution < -0.4 is 16.0 Å². The van der Waals surface area contributed by atoms with E-state index in [1.165, 1.54) is 24.3 Å². The van der Waals surface area contributed by atoms with Crippen LogP contribution in [0.4, 0.5) is 5.69 Å². The van der Waals surface area contributed by atoms with Crippen LogP contribution in [0.2, 0.25) is 10.0 Å². The number of nitrogens with zero attached hydrogens (tertiary/aromatic N) is 2. The Labute approximate surface area is 140 Å². The molecule has 11 heteroatoms. The SMILES string of the molecule is NS(=O)(=O)c1ccc(NC(=O)Cn2ncc(Cl)c(Cl)c2=O)cc1. The number of amides is 1. The van der Waals surface area contributed by atoms with Crippen LogP contribution in [0, 0.1) is 0 Å². The van der Waals surface area contributed by atoms with Gasteiger partial charge in [-0.1, -0.05) is 23.2 Å². The van der Waals surface area contributed by atoms with Gasteiger partial charge in [-0.2, -0.15) is 5.10 Å². The number of hydrogen-bond donors (Lipinski definition) is 2. The molecular weight excluding hydrogens is 367 g/mol. The Balaban J connectivity index is 2.11. The summed E-state index contributed by atoms with van der Waals surface area (Å²) in [5.74, 6) is -0.554. The minimum atomic E-state index is -3.81. The molecule has 0 bridgehead atoms. The number of benzene rings is 1. The van der Waals surface area contributed by atoms with Crippen LogP contribution >= 0.6 is 23.2 Å². The van der Waals surface area contributed by atoms with Crippen molar-refractivity contribution in [2.24, 2.45) is 5.14 Å².